The van der Waals surface area contributed by atoms with Crippen molar-refractivity contribution in [2.45, 2.75) is 19.5 Å². The Kier molecular flexibility index (Phi) is 6.20. The number of rotatable bonds is 6. The van der Waals surface area contributed by atoms with E-state index in [2.05, 4.69) is 15.3 Å². The van der Waals surface area contributed by atoms with E-state index < -0.39 is 17.5 Å². The predicted molar refractivity (Wildman–Crippen MR) is 136 cm³/mol. The Balaban J connectivity index is 1.47. The van der Waals surface area contributed by atoms with Gasteiger partial charge in [-0.1, -0.05) is 24.3 Å². The standard InChI is InChI=1S/C28H22F3N5O/c1-17-6-7-18(15-24(37)20-4-3-5-21(16-20)28(29,30)31)14-23(17)34-27-25-22(10-13-36(25)2)33-26(35-27)19-8-11-32-12-9-19/h3-14,16H,15H2,1-2H3,(H,33,34,35). The van der Waals surface area contributed by atoms with Gasteiger partial charge in [0.2, 0.25) is 0 Å². The highest BCUT2D eigenvalue weighted by atomic mass is 19.4. The fourth-order valence-corrected chi connectivity index (χ4v) is 4.11. The number of nitrogens with zero attached hydrogens (tertiary/aromatic N) is 4. The first-order valence-electron chi connectivity index (χ1n) is 11.5. The van der Waals surface area contributed by atoms with E-state index in [9.17, 15) is 18.0 Å². The summed E-state index contributed by atoms with van der Waals surface area (Å²) in [6.45, 7) is 1.92. The lowest BCUT2D eigenvalue weighted by Crippen LogP contribution is -2.09. The van der Waals surface area contributed by atoms with E-state index >= 15 is 0 Å². The quantitative estimate of drug-likeness (QED) is 0.268. The van der Waals surface area contributed by atoms with E-state index in [0.29, 0.717) is 17.2 Å². The molecule has 0 aliphatic heterocycles. The third-order valence-electron chi connectivity index (χ3n) is 6.09. The van der Waals surface area contributed by atoms with Crippen molar-refractivity contribution >= 4 is 28.3 Å². The van der Waals surface area contributed by atoms with Crippen molar-refractivity contribution < 1.29 is 18.0 Å². The van der Waals surface area contributed by atoms with Gasteiger partial charge >= 0.3 is 6.18 Å². The summed E-state index contributed by atoms with van der Waals surface area (Å²) in [6.07, 6.45) is 0.706. The fourth-order valence-electron chi connectivity index (χ4n) is 4.11. The molecule has 6 nitrogen and oxygen atoms in total. The highest BCUT2D eigenvalue weighted by Crippen LogP contribution is 2.31. The van der Waals surface area contributed by atoms with E-state index in [-0.39, 0.29) is 12.0 Å². The van der Waals surface area contributed by atoms with Gasteiger partial charge in [0.25, 0.3) is 0 Å². The molecule has 9 heteroatoms. The van der Waals surface area contributed by atoms with Gasteiger partial charge in [-0.3, -0.25) is 9.78 Å². The average Bonchev–Trinajstić information content (AvgIpc) is 3.27. The molecule has 0 unspecified atom stereocenters. The minimum Gasteiger partial charge on any atom is -0.346 e. The Morgan fingerprint density at radius 2 is 1.78 bits per heavy atom. The van der Waals surface area contributed by atoms with Crippen molar-refractivity contribution in [1.82, 2.24) is 19.5 Å². The number of pyridine rings is 1. The van der Waals surface area contributed by atoms with Gasteiger partial charge in [0, 0.05) is 48.9 Å². The highest BCUT2D eigenvalue weighted by molar-refractivity contribution is 5.98. The van der Waals surface area contributed by atoms with Crippen LogP contribution < -0.4 is 5.32 Å². The summed E-state index contributed by atoms with van der Waals surface area (Å²) in [5.41, 5.74) is 3.89. The molecule has 0 aliphatic carbocycles. The SMILES string of the molecule is Cc1ccc(CC(=O)c2cccc(C(F)(F)F)c2)cc1Nc1nc(-c2ccncc2)nc2ccn(C)c12. The topological polar surface area (TPSA) is 72.7 Å². The smallest absolute Gasteiger partial charge is 0.346 e. The molecule has 37 heavy (non-hydrogen) atoms. The number of benzene rings is 2. The third-order valence-corrected chi connectivity index (χ3v) is 6.09. The number of halogens is 3. The molecule has 0 bridgehead atoms. The molecule has 5 aromatic rings. The number of anilines is 2. The van der Waals surface area contributed by atoms with E-state index in [1.54, 1.807) is 18.5 Å². The number of ketones is 1. The van der Waals surface area contributed by atoms with Crippen LogP contribution in [0.2, 0.25) is 0 Å². The molecule has 0 radical (unpaired) electrons. The molecule has 0 atom stereocenters. The second-order valence-corrected chi connectivity index (χ2v) is 8.74. The summed E-state index contributed by atoms with van der Waals surface area (Å²) in [5, 5.41) is 3.39. The molecule has 0 aliphatic rings. The van der Waals surface area contributed by atoms with Crippen LogP contribution in [0.25, 0.3) is 22.4 Å². The van der Waals surface area contributed by atoms with Gasteiger partial charge in [0.05, 0.1) is 11.1 Å². The van der Waals surface area contributed by atoms with Crippen LogP contribution in [0, 0.1) is 6.92 Å². The largest absolute Gasteiger partial charge is 0.416 e. The maximum Gasteiger partial charge on any atom is 0.416 e. The Morgan fingerprint density at radius 3 is 2.54 bits per heavy atom. The number of alkyl halides is 3. The van der Waals surface area contributed by atoms with Gasteiger partial charge in [-0.25, -0.2) is 9.97 Å². The van der Waals surface area contributed by atoms with Gasteiger partial charge in [-0.2, -0.15) is 13.2 Å². The summed E-state index contributed by atoms with van der Waals surface area (Å²) in [5.74, 6) is 0.735. The molecule has 0 spiro atoms. The van der Waals surface area contributed by atoms with E-state index in [4.69, 9.17) is 4.98 Å². The van der Waals surface area contributed by atoms with Gasteiger partial charge in [0.1, 0.15) is 5.52 Å². The van der Waals surface area contributed by atoms with Crippen molar-refractivity contribution in [2.24, 2.45) is 7.05 Å². The van der Waals surface area contributed by atoms with Crippen LogP contribution in [0.15, 0.2) is 79.3 Å². The molecule has 0 amide bonds. The summed E-state index contributed by atoms with van der Waals surface area (Å²) in [7, 11) is 1.90. The maximum absolute atomic E-state index is 13.1. The van der Waals surface area contributed by atoms with Crippen molar-refractivity contribution in [3.05, 3.63) is 102 Å². The molecule has 3 heterocycles. The summed E-state index contributed by atoms with van der Waals surface area (Å²) in [6, 6.07) is 15.6. The Morgan fingerprint density at radius 1 is 1.00 bits per heavy atom. The molecule has 3 aromatic heterocycles. The predicted octanol–water partition coefficient (Wildman–Crippen LogP) is 6.53. The van der Waals surface area contributed by atoms with Crippen molar-refractivity contribution in [3.8, 4) is 11.4 Å². The molecule has 0 saturated heterocycles. The number of carbonyl (C=O) groups is 1. The molecule has 0 saturated carbocycles. The maximum atomic E-state index is 13.1. The Hall–Kier alpha value is -4.53. The fraction of sp³-hybridized carbons (Fsp3) is 0.143. The molecule has 0 fully saturated rings. The van der Waals surface area contributed by atoms with Gasteiger partial charge in [-0.15, -0.1) is 0 Å². The first kappa shape index (κ1) is 24.2. The molecular weight excluding hydrogens is 479 g/mol. The van der Waals surface area contributed by atoms with E-state index in [1.165, 1.54) is 12.1 Å². The van der Waals surface area contributed by atoms with Crippen molar-refractivity contribution in [1.29, 1.82) is 0 Å². The Labute approximate surface area is 210 Å². The average molecular weight is 502 g/mol. The van der Waals surface area contributed by atoms with Crippen molar-refractivity contribution in [2.75, 3.05) is 5.32 Å². The zero-order chi connectivity index (χ0) is 26.2. The number of carbonyl (C=O) groups excluding carboxylic acids is 1. The van der Waals surface area contributed by atoms with Crippen molar-refractivity contribution in [3.63, 3.8) is 0 Å². The summed E-state index contributed by atoms with van der Waals surface area (Å²) < 4.78 is 41.2. The highest BCUT2D eigenvalue weighted by Gasteiger charge is 2.30. The second-order valence-electron chi connectivity index (χ2n) is 8.74. The van der Waals surface area contributed by atoms with Gasteiger partial charge in [-0.05, 0) is 54.4 Å². The number of fused-ring (bicyclic) bond motifs is 1. The molecule has 5 rings (SSSR count). The van der Waals surface area contributed by atoms with Crippen LogP contribution in [0.4, 0.5) is 24.7 Å². The van der Waals surface area contributed by atoms with Crippen LogP contribution in [-0.2, 0) is 19.6 Å². The lowest BCUT2D eigenvalue weighted by atomic mass is 9.99. The Bertz CT molecular complexity index is 1610. The lowest BCUT2D eigenvalue weighted by molar-refractivity contribution is -0.137. The lowest BCUT2D eigenvalue weighted by Gasteiger charge is -2.14. The summed E-state index contributed by atoms with van der Waals surface area (Å²) >= 11 is 0. The van der Waals surface area contributed by atoms with E-state index in [1.807, 2.05) is 55.1 Å². The van der Waals surface area contributed by atoms with E-state index in [0.717, 1.165) is 40.0 Å². The van der Waals surface area contributed by atoms with Crippen LogP contribution in [0.1, 0.15) is 27.0 Å². The molecule has 2 aromatic carbocycles. The van der Waals surface area contributed by atoms with Crippen LogP contribution in [-0.4, -0.2) is 25.3 Å². The zero-order valence-electron chi connectivity index (χ0n) is 20.0. The monoisotopic (exact) mass is 501 g/mol. The number of nitrogens with one attached hydrogen (secondary N) is 1. The number of Topliss-reactive ketones (excluding diaryl/α,β-unsaturated/α-hetero) is 1. The van der Waals surface area contributed by atoms with Crippen LogP contribution in [0.5, 0.6) is 0 Å². The third kappa shape index (κ3) is 5.06. The number of hydrogen-bond donors (Lipinski definition) is 1. The van der Waals surface area contributed by atoms with Crippen LogP contribution >= 0.6 is 0 Å². The molecule has 1 N–H and O–H groups in total. The number of hydrogen-bond acceptors (Lipinski definition) is 5. The second kappa shape index (κ2) is 9.50. The van der Waals surface area contributed by atoms with Crippen LogP contribution in [0.3, 0.4) is 0 Å². The van der Waals surface area contributed by atoms with Gasteiger partial charge in [0.15, 0.2) is 17.4 Å². The first-order chi connectivity index (χ1) is 17.7. The first-order valence-corrected chi connectivity index (χ1v) is 11.5. The minimum atomic E-state index is -4.51. The zero-order valence-corrected chi connectivity index (χ0v) is 20.0. The number of aryl methyl sites for hydroxylation is 2. The van der Waals surface area contributed by atoms with Gasteiger partial charge < -0.3 is 9.88 Å². The normalized spacial score (nSPS) is 11.6. The minimum absolute atomic E-state index is 0.0215. The molecule has 186 valence electrons. The summed E-state index contributed by atoms with van der Waals surface area (Å²) in [4.78, 5) is 26.3. The number of aromatic nitrogens is 4. The molecular formula is C28H22F3N5O.